The van der Waals surface area contributed by atoms with E-state index in [1.54, 1.807) is 36.4 Å². The van der Waals surface area contributed by atoms with Crippen LogP contribution in [0, 0.1) is 0 Å². The van der Waals surface area contributed by atoms with Crippen molar-refractivity contribution < 1.29 is 19.4 Å². The van der Waals surface area contributed by atoms with E-state index in [9.17, 15) is 14.7 Å². The van der Waals surface area contributed by atoms with E-state index in [4.69, 9.17) is 27.9 Å². The molecule has 0 aromatic heterocycles. The lowest BCUT2D eigenvalue weighted by atomic mass is 10.1. The standard InChI is InChI=1S/C20H16Cl2O4/c1-26-20-10-13(3-9-19(20)25)2-6-16(23)12-17(24)7-4-14-11-15(21)5-8-18(14)22/h2-11,25H,12H2,1H3. The summed E-state index contributed by atoms with van der Waals surface area (Å²) < 4.78 is 5.00. The van der Waals surface area contributed by atoms with Crippen molar-refractivity contribution in [2.45, 2.75) is 6.42 Å². The van der Waals surface area contributed by atoms with Crippen LogP contribution in [0.3, 0.4) is 0 Å². The summed E-state index contributed by atoms with van der Waals surface area (Å²) in [7, 11) is 1.44. The normalized spacial score (nSPS) is 11.2. The van der Waals surface area contributed by atoms with Crippen LogP contribution in [0.5, 0.6) is 11.5 Å². The minimum Gasteiger partial charge on any atom is -0.504 e. The quantitative estimate of drug-likeness (QED) is 0.535. The number of benzene rings is 2. The SMILES string of the molecule is COc1cc(C=CC(=O)CC(=O)C=Cc2cc(Cl)ccc2Cl)ccc1O. The number of ether oxygens (including phenoxy) is 1. The lowest BCUT2D eigenvalue weighted by molar-refractivity contribution is -0.121. The Labute approximate surface area is 161 Å². The van der Waals surface area contributed by atoms with Crippen LogP contribution >= 0.6 is 23.2 Å². The summed E-state index contributed by atoms with van der Waals surface area (Å²) in [6, 6.07) is 9.59. The molecule has 134 valence electrons. The van der Waals surface area contributed by atoms with Gasteiger partial charge in [0.25, 0.3) is 0 Å². The molecule has 0 atom stereocenters. The first-order chi connectivity index (χ1) is 12.4. The molecular weight excluding hydrogens is 375 g/mol. The van der Waals surface area contributed by atoms with Gasteiger partial charge in [0.05, 0.1) is 13.5 Å². The van der Waals surface area contributed by atoms with E-state index < -0.39 is 0 Å². The van der Waals surface area contributed by atoms with Gasteiger partial charge in [0.2, 0.25) is 0 Å². The lowest BCUT2D eigenvalue weighted by Gasteiger charge is -2.03. The van der Waals surface area contributed by atoms with Gasteiger partial charge in [-0.15, -0.1) is 0 Å². The van der Waals surface area contributed by atoms with Crippen molar-refractivity contribution in [3.05, 3.63) is 69.7 Å². The smallest absolute Gasteiger partial charge is 0.163 e. The van der Waals surface area contributed by atoms with E-state index in [0.29, 0.717) is 26.9 Å². The number of phenols is 1. The van der Waals surface area contributed by atoms with Gasteiger partial charge < -0.3 is 9.84 Å². The third kappa shape index (κ3) is 5.76. The third-order valence-corrected chi connectivity index (χ3v) is 4.00. The second kappa shape index (κ2) is 9.22. The minimum absolute atomic E-state index is 0.0102. The molecule has 6 heteroatoms. The van der Waals surface area contributed by atoms with Gasteiger partial charge in [0, 0.05) is 10.0 Å². The number of hydrogen-bond acceptors (Lipinski definition) is 4. The van der Waals surface area contributed by atoms with Gasteiger partial charge in [-0.2, -0.15) is 0 Å². The predicted octanol–water partition coefficient (Wildman–Crippen LogP) is 4.96. The van der Waals surface area contributed by atoms with Crippen LogP contribution in [-0.4, -0.2) is 23.8 Å². The molecule has 0 saturated heterocycles. The monoisotopic (exact) mass is 390 g/mol. The van der Waals surface area contributed by atoms with Gasteiger partial charge in [-0.05, 0) is 59.7 Å². The highest BCUT2D eigenvalue weighted by Crippen LogP contribution is 2.26. The number of methoxy groups -OCH3 is 1. The predicted molar refractivity (Wildman–Crippen MR) is 104 cm³/mol. The Bertz CT molecular complexity index is 885. The molecule has 2 aromatic carbocycles. The van der Waals surface area contributed by atoms with Gasteiger partial charge in [-0.1, -0.05) is 35.3 Å². The minimum atomic E-state index is -0.348. The van der Waals surface area contributed by atoms with Crippen molar-refractivity contribution in [1.82, 2.24) is 0 Å². The zero-order valence-corrected chi connectivity index (χ0v) is 15.4. The Balaban J connectivity index is 1.97. The molecule has 0 bridgehead atoms. The van der Waals surface area contributed by atoms with E-state index in [-0.39, 0.29) is 23.7 Å². The van der Waals surface area contributed by atoms with E-state index in [2.05, 4.69) is 0 Å². The molecule has 0 amide bonds. The Morgan fingerprint density at radius 1 is 1.04 bits per heavy atom. The molecule has 0 aliphatic carbocycles. The zero-order chi connectivity index (χ0) is 19.1. The van der Waals surface area contributed by atoms with Crippen molar-refractivity contribution in [3.8, 4) is 11.5 Å². The van der Waals surface area contributed by atoms with E-state index in [1.807, 2.05) is 0 Å². The molecule has 1 N–H and O–H groups in total. The van der Waals surface area contributed by atoms with E-state index in [1.165, 1.54) is 31.4 Å². The number of carbonyl (C=O) groups excluding carboxylic acids is 2. The number of rotatable bonds is 7. The maximum absolute atomic E-state index is 11.9. The summed E-state index contributed by atoms with van der Waals surface area (Å²) in [4.78, 5) is 23.8. The first kappa shape index (κ1) is 19.8. The molecule has 0 spiro atoms. The van der Waals surface area contributed by atoms with Crippen molar-refractivity contribution in [2.75, 3.05) is 7.11 Å². The summed E-state index contributed by atoms with van der Waals surface area (Å²) in [6.45, 7) is 0. The van der Waals surface area contributed by atoms with E-state index >= 15 is 0 Å². The van der Waals surface area contributed by atoms with Crippen molar-refractivity contribution in [1.29, 1.82) is 0 Å². The molecule has 0 aliphatic heterocycles. The molecular formula is C20H16Cl2O4. The summed E-state index contributed by atoms with van der Waals surface area (Å²) in [5, 5.41) is 10.5. The first-order valence-corrected chi connectivity index (χ1v) is 8.38. The van der Waals surface area contributed by atoms with Crippen LogP contribution in [0.2, 0.25) is 10.0 Å². The highest BCUT2D eigenvalue weighted by molar-refractivity contribution is 6.34. The van der Waals surface area contributed by atoms with Gasteiger partial charge in [0.15, 0.2) is 23.1 Å². The largest absolute Gasteiger partial charge is 0.504 e. The van der Waals surface area contributed by atoms with Gasteiger partial charge in [0.1, 0.15) is 0 Å². The Kier molecular flexibility index (Phi) is 7.01. The van der Waals surface area contributed by atoms with Crippen molar-refractivity contribution in [3.63, 3.8) is 0 Å². The lowest BCUT2D eigenvalue weighted by Crippen LogP contribution is -2.01. The summed E-state index contributed by atoms with van der Waals surface area (Å²) in [5.41, 5.74) is 1.27. The molecule has 0 aliphatic rings. The van der Waals surface area contributed by atoms with Crippen LogP contribution in [-0.2, 0) is 9.59 Å². The first-order valence-electron chi connectivity index (χ1n) is 7.63. The fourth-order valence-corrected chi connectivity index (χ4v) is 2.46. The average molecular weight is 391 g/mol. The summed E-state index contributed by atoms with van der Waals surface area (Å²) in [5.74, 6) is -0.379. The van der Waals surface area contributed by atoms with Gasteiger partial charge in [-0.25, -0.2) is 0 Å². The Hall–Kier alpha value is -2.56. The molecule has 2 aromatic rings. The molecule has 0 heterocycles. The number of carbonyl (C=O) groups is 2. The van der Waals surface area contributed by atoms with Gasteiger partial charge in [-0.3, -0.25) is 9.59 Å². The Morgan fingerprint density at radius 2 is 1.73 bits per heavy atom. The Morgan fingerprint density at radius 3 is 2.42 bits per heavy atom. The summed E-state index contributed by atoms with van der Waals surface area (Å²) in [6.07, 6.45) is 5.42. The topological polar surface area (TPSA) is 63.6 Å². The average Bonchev–Trinajstić information content (AvgIpc) is 2.61. The number of hydrogen-bond donors (Lipinski definition) is 1. The number of ketones is 2. The fraction of sp³-hybridized carbons (Fsp3) is 0.100. The van der Waals surface area contributed by atoms with Crippen LogP contribution in [0.1, 0.15) is 17.5 Å². The van der Waals surface area contributed by atoms with Crippen LogP contribution in [0.4, 0.5) is 0 Å². The molecule has 0 radical (unpaired) electrons. The third-order valence-electron chi connectivity index (χ3n) is 3.42. The highest BCUT2D eigenvalue weighted by Gasteiger charge is 2.06. The van der Waals surface area contributed by atoms with Crippen molar-refractivity contribution in [2.24, 2.45) is 0 Å². The molecule has 2 rings (SSSR count). The maximum atomic E-state index is 11.9. The molecule has 4 nitrogen and oxygen atoms in total. The molecule has 26 heavy (non-hydrogen) atoms. The second-order valence-corrected chi connectivity index (χ2v) is 6.22. The highest BCUT2D eigenvalue weighted by atomic mass is 35.5. The van der Waals surface area contributed by atoms with Gasteiger partial charge >= 0.3 is 0 Å². The summed E-state index contributed by atoms with van der Waals surface area (Å²) >= 11 is 11.9. The number of halogens is 2. The number of phenolic OH excluding ortho intramolecular Hbond substituents is 1. The maximum Gasteiger partial charge on any atom is 0.163 e. The van der Waals surface area contributed by atoms with Crippen LogP contribution in [0.15, 0.2) is 48.6 Å². The number of allylic oxidation sites excluding steroid dienone is 2. The van der Waals surface area contributed by atoms with Crippen molar-refractivity contribution >= 4 is 46.9 Å². The second-order valence-electron chi connectivity index (χ2n) is 5.37. The van der Waals surface area contributed by atoms with E-state index in [0.717, 1.165) is 0 Å². The molecule has 0 unspecified atom stereocenters. The fourth-order valence-electron chi connectivity index (χ4n) is 2.10. The van der Waals surface area contributed by atoms with Crippen LogP contribution < -0.4 is 4.74 Å². The molecule has 0 fully saturated rings. The molecule has 0 saturated carbocycles. The zero-order valence-electron chi connectivity index (χ0n) is 13.9. The van der Waals surface area contributed by atoms with Crippen LogP contribution in [0.25, 0.3) is 12.2 Å². The number of aromatic hydroxyl groups is 1.